The van der Waals surface area contributed by atoms with Gasteiger partial charge in [-0.2, -0.15) is 0 Å². The average Bonchev–Trinajstić information content (AvgIpc) is 2.67. The first-order valence-electron chi connectivity index (χ1n) is 4.93. The maximum absolute atomic E-state index is 11.6. The highest BCUT2D eigenvalue weighted by molar-refractivity contribution is 7.09. The summed E-state index contributed by atoms with van der Waals surface area (Å²) in [5.74, 6) is 0.493. The lowest BCUT2D eigenvalue weighted by atomic mass is 10.0. The molecule has 0 aliphatic heterocycles. The summed E-state index contributed by atoms with van der Waals surface area (Å²) in [5.41, 5.74) is 0. The Morgan fingerprint density at radius 1 is 1.64 bits per heavy atom. The summed E-state index contributed by atoms with van der Waals surface area (Å²) in [6.45, 7) is 2.76. The molecule has 1 heterocycles. The van der Waals surface area contributed by atoms with Crippen molar-refractivity contribution in [2.45, 2.75) is 19.8 Å². The van der Waals surface area contributed by atoms with Crippen LogP contribution in [-0.2, 0) is 11.2 Å². The van der Waals surface area contributed by atoms with E-state index in [4.69, 9.17) is 0 Å². The minimum atomic E-state index is 0.139. The van der Waals surface area contributed by atoms with Crippen molar-refractivity contribution in [1.82, 2.24) is 5.32 Å². The summed E-state index contributed by atoms with van der Waals surface area (Å²) in [5, 5.41) is 5.08. The van der Waals surface area contributed by atoms with E-state index in [0.29, 0.717) is 12.2 Å². The number of carbonyl (C=O) groups excluding carboxylic acids is 1. The van der Waals surface area contributed by atoms with Crippen LogP contribution >= 0.6 is 11.3 Å². The standard InChI is InChI=1S/C11H17NOS/c1-9(8-12-2)11(13)6-5-10-4-3-7-14-10/h3-4,7,9,12H,5-6,8H2,1-2H3. The van der Waals surface area contributed by atoms with Gasteiger partial charge in [0.25, 0.3) is 0 Å². The van der Waals surface area contributed by atoms with Gasteiger partial charge < -0.3 is 5.32 Å². The summed E-state index contributed by atoms with van der Waals surface area (Å²) < 4.78 is 0. The van der Waals surface area contributed by atoms with Crippen molar-refractivity contribution in [3.05, 3.63) is 22.4 Å². The van der Waals surface area contributed by atoms with Gasteiger partial charge in [-0.25, -0.2) is 0 Å². The van der Waals surface area contributed by atoms with Crippen LogP contribution in [0.4, 0.5) is 0 Å². The average molecular weight is 211 g/mol. The predicted octanol–water partition coefficient (Wildman–Crippen LogP) is 2.11. The smallest absolute Gasteiger partial charge is 0.137 e. The van der Waals surface area contributed by atoms with E-state index in [0.717, 1.165) is 13.0 Å². The van der Waals surface area contributed by atoms with Crippen LogP contribution in [0, 0.1) is 5.92 Å². The van der Waals surface area contributed by atoms with Gasteiger partial charge in [-0.05, 0) is 24.9 Å². The molecule has 1 rings (SSSR count). The van der Waals surface area contributed by atoms with Gasteiger partial charge in [-0.3, -0.25) is 4.79 Å². The Hall–Kier alpha value is -0.670. The predicted molar refractivity (Wildman–Crippen MR) is 60.7 cm³/mol. The van der Waals surface area contributed by atoms with E-state index in [9.17, 15) is 4.79 Å². The van der Waals surface area contributed by atoms with Crippen molar-refractivity contribution < 1.29 is 4.79 Å². The van der Waals surface area contributed by atoms with E-state index in [1.165, 1.54) is 4.88 Å². The van der Waals surface area contributed by atoms with Crippen LogP contribution in [0.1, 0.15) is 18.2 Å². The van der Waals surface area contributed by atoms with Crippen molar-refractivity contribution in [3.63, 3.8) is 0 Å². The van der Waals surface area contributed by atoms with Gasteiger partial charge in [0.15, 0.2) is 0 Å². The number of rotatable bonds is 6. The van der Waals surface area contributed by atoms with Gasteiger partial charge in [0.2, 0.25) is 0 Å². The normalized spacial score (nSPS) is 12.7. The van der Waals surface area contributed by atoms with Crippen molar-refractivity contribution >= 4 is 17.1 Å². The Kier molecular flexibility index (Phi) is 4.84. The van der Waals surface area contributed by atoms with Crippen LogP contribution in [0.3, 0.4) is 0 Å². The highest BCUT2D eigenvalue weighted by Crippen LogP contribution is 2.12. The van der Waals surface area contributed by atoms with Crippen LogP contribution in [0.2, 0.25) is 0 Å². The van der Waals surface area contributed by atoms with Gasteiger partial charge in [0, 0.05) is 23.8 Å². The number of nitrogens with one attached hydrogen (secondary N) is 1. The highest BCUT2D eigenvalue weighted by Gasteiger charge is 2.11. The molecule has 0 radical (unpaired) electrons. The van der Waals surface area contributed by atoms with Crippen molar-refractivity contribution in [2.75, 3.05) is 13.6 Å². The number of thiophene rings is 1. The van der Waals surface area contributed by atoms with Gasteiger partial charge >= 0.3 is 0 Å². The van der Waals surface area contributed by atoms with E-state index in [-0.39, 0.29) is 5.92 Å². The zero-order chi connectivity index (χ0) is 10.4. The summed E-state index contributed by atoms with van der Waals surface area (Å²) in [6.07, 6.45) is 1.56. The fourth-order valence-electron chi connectivity index (χ4n) is 1.37. The molecule has 2 nitrogen and oxygen atoms in total. The molecule has 0 aliphatic rings. The van der Waals surface area contributed by atoms with Crippen LogP contribution in [0.5, 0.6) is 0 Å². The zero-order valence-corrected chi connectivity index (χ0v) is 9.56. The van der Waals surface area contributed by atoms with Gasteiger partial charge in [0.1, 0.15) is 5.78 Å². The third-order valence-corrected chi connectivity index (χ3v) is 3.19. The second-order valence-electron chi connectivity index (χ2n) is 3.50. The lowest BCUT2D eigenvalue weighted by Gasteiger charge is -2.08. The Morgan fingerprint density at radius 3 is 3.00 bits per heavy atom. The molecule has 0 bridgehead atoms. The Morgan fingerprint density at radius 2 is 2.43 bits per heavy atom. The van der Waals surface area contributed by atoms with E-state index >= 15 is 0 Å². The number of hydrogen-bond donors (Lipinski definition) is 1. The first kappa shape index (κ1) is 11.4. The molecule has 0 saturated carbocycles. The van der Waals surface area contributed by atoms with Crippen LogP contribution < -0.4 is 5.32 Å². The molecule has 1 N–H and O–H groups in total. The van der Waals surface area contributed by atoms with Gasteiger partial charge in [0.05, 0.1) is 0 Å². The minimum absolute atomic E-state index is 0.139. The molecule has 1 unspecified atom stereocenters. The molecule has 1 aromatic rings. The molecule has 0 amide bonds. The zero-order valence-electron chi connectivity index (χ0n) is 8.75. The van der Waals surface area contributed by atoms with E-state index < -0.39 is 0 Å². The minimum Gasteiger partial charge on any atom is -0.319 e. The summed E-state index contributed by atoms with van der Waals surface area (Å²) in [6, 6.07) is 4.11. The quantitative estimate of drug-likeness (QED) is 0.781. The van der Waals surface area contributed by atoms with Gasteiger partial charge in [-0.15, -0.1) is 11.3 Å². The number of aryl methyl sites for hydroxylation is 1. The molecule has 3 heteroatoms. The number of hydrogen-bond acceptors (Lipinski definition) is 3. The largest absolute Gasteiger partial charge is 0.319 e. The topological polar surface area (TPSA) is 29.1 Å². The molecular weight excluding hydrogens is 194 g/mol. The van der Waals surface area contributed by atoms with Crippen molar-refractivity contribution in [3.8, 4) is 0 Å². The van der Waals surface area contributed by atoms with Gasteiger partial charge in [-0.1, -0.05) is 13.0 Å². The number of ketones is 1. The summed E-state index contributed by atoms with van der Waals surface area (Å²) >= 11 is 1.72. The van der Waals surface area contributed by atoms with E-state index in [1.807, 2.05) is 20.0 Å². The Bertz CT molecular complexity index is 269. The van der Waals surface area contributed by atoms with E-state index in [2.05, 4.69) is 16.8 Å². The monoisotopic (exact) mass is 211 g/mol. The summed E-state index contributed by atoms with van der Waals surface area (Å²) in [7, 11) is 1.88. The Balaban J connectivity index is 2.27. The first-order chi connectivity index (χ1) is 6.74. The molecule has 0 spiro atoms. The number of Topliss-reactive ketones (excluding diaryl/α,β-unsaturated/α-hetero) is 1. The Labute approximate surface area is 89.3 Å². The fraction of sp³-hybridized carbons (Fsp3) is 0.545. The van der Waals surface area contributed by atoms with Crippen LogP contribution in [0.15, 0.2) is 17.5 Å². The lowest BCUT2D eigenvalue weighted by molar-refractivity contribution is -0.122. The SMILES string of the molecule is CNCC(C)C(=O)CCc1cccs1. The van der Waals surface area contributed by atoms with E-state index in [1.54, 1.807) is 11.3 Å². The molecule has 1 atom stereocenters. The molecule has 78 valence electrons. The lowest BCUT2D eigenvalue weighted by Crippen LogP contribution is -2.23. The molecule has 0 saturated heterocycles. The maximum atomic E-state index is 11.6. The third-order valence-electron chi connectivity index (χ3n) is 2.26. The van der Waals surface area contributed by atoms with Crippen molar-refractivity contribution in [2.24, 2.45) is 5.92 Å². The van der Waals surface area contributed by atoms with Crippen LogP contribution in [-0.4, -0.2) is 19.4 Å². The third kappa shape index (κ3) is 3.60. The molecule has 14 heavy (non-hydrogen) atoms. The number of carbonyl (C=O) groups is 1. The van der Waals surface area contributed by atoms with Crippen molar-refractivity contribution in [1.29, 1.82) is 0 Å². The second-order valence-corrected chi connectivity index (χ2v) is 4.54. The molecule has 1 aromatic heterocycles. The molecule has 0 aliphatic carbocycles. The molecule has 0 fully saturated rings. The maximum Gasteiger partial charge on any atom is 0.137 e. The fourth-order valence-corrected chi connectivity index (χ4v) is 2.08. The second kappa shape index (κ2) is 5.94. The van der Waals surface area contributed by atoms with Crippen LogP contribution in [0.25, 0.3) is 0 Å². The highest BCUT2D eigenvalue weighted by atomic mass is 32.1. The molecule has 0 aromatic carbocycles. The molecular formula is C11H17NOS. The summed E-state index contributed by atoms with van der Waals surface area (Å²) in [4.78, 5) is 12.9. The first-order valence-corrected chi connectivity index (χ1v) is 5.81.